The Balaban J connectivity index is 1.46. The molecule has 2 fully saturated rings. The molecule has 42 heavy (non-hydrogen) atoms. The molecular formula is C28H26F3N7O4. The minimum Gasteiger partial charge on any atom is -0.371 e. The summed E-state index contributed by atoms with van der Waals surface area (Å²) < 4.78 is 44.4. The molecule has 0 spiro atoms. The minimum atomic E-state index is -3.47. The Labute approximate surface area is 237 Å². The van der Waals surface area contributed by atoms with E-state index in [2.05, 4.69) is 26.2 Å². The molecule has 6 rings (SSSR count). The normalized spacial score (nSPS) is 20.2. The van der Waals surface area contributed by atoms with Crippen molar-refractivity contribution in [3.63, 3.8) is 0 Å². The zero-order valence-corrected chi connectivity index (χ0v) is 22.4. The van der Waals surface area contributed by atoms with Gasteiger partial charge >= 0.3 is 0 Å². The first-order valence-electron chi connectivity index (χ1n) is 13.6. The number of carbonyl (C=O) groups excluding carboxylic acids is 4. The summed E-state index contributed by atoms with van der Waals surface area (Å²) in [5.74, 6) is -6.97. The number of fused-ring (bicyclic) bond motifs is 1. The SMILES string of the molecule is CC(F)(F)c1cc(NC(c2cccc3c2C(=O)N(C2CCC(=O)NC2=O)C3=O)c2nnnn2C2CCCC2)ccc1F. The zero-order chi connectivity index (χ0) is 29.8. The molecule has 2 aromatic carbocycles. The number of piperidine rings is 1. The predicted molar refractivity (Wildman–Crippen MR) is 140 cm³/mol. The van der Waals surface area contributed by atoms with Gasteiger partial charge < -0.3 is 5.32 Å². The third-order valence-corrected chi connectivity index (χ3v) is 8.01. The lowest BCUT2D eigenvalue weighted by atomic mass is 9.95. The van der Waals surface area contributed by atoms with Gasteiger partial charge in [-0.15, -0.1) is 5.10 Å². The molecule has 3 aliphatic rings. The van der Waals surface area contributed by atoms with Crippen molar-refractivity contribution in [2.24, 2.45) is 0 Å². The van der Waals surface area contributed by atoms with Crippen molar-refractivity contribution in [3.8, 4) is 0 Å². The van der Waals surface area contributed by atoms with Gasteiger partial charge in [0.15, 0.2) is 5.82 Å². The third-order valence-electron chi connectivity index (χ3n) is 8.01. The van der Waals surface area contributed by atoms with E-state index in [-0.39, 0.29) is 47.1 Å². The molecule has 218 valence electrons. The molecular weight excluding hydrogens is 555 g/mol. The van der Waals surface area contributed by atoms with Crippen molar-refractivity contribution < 1.29 is 32.3 Å². The van der Waals surface area contributed by atoms with Crippen molar-refractivity contribution in [1.29, 1.82) is 0 Å². The number of aromatic nitrogens is 4. The van der Waals surface area contributed by atoms with Gasteiger partial charge in [-0.3, -0.25) is 29.4 Å². The molecule has 0 bridgehead atoms. The average molecular weight is 582 g/mol. The Morgan fingerprint density at radius 2 is 1.81 bits per heavy atom. The molecule has 2 atom stereocenters. The van der Waals surface area contributed by atoms with Crippen LogP contribution in [0.2, 0.25) is 0 Å². The van der Waals surface area contributed by atoms with E-state index in [9.17, 15) is 32.3 Å². The lowest BCUT2D eigenvalue weighted by molar-refractivity contribution is -0.136. The molecule has 1 aromatic heterocycles. The number of alkyl halides is 2. The molecule has 1 saturated heterocycles. The van der Waals surface area contributed by atoms with Crippen molar-refractivity contribution in [2.75, 3.05) is 5.32 Å². The fraction of sp³-hybridized carbons (Fsp3) is 0.393. The quantitative estimate of drug-likeness (QED) is 0.404. The second kappa shape index (κ2) is 10.3. The van der Waals surface area contributed by atoms with Crippen LogP contribution in [0.3, 0.4) is 0 Å². The van der Waals surface area contributed by atoms with Crippen molar-refractivity contribution >= 4 is 29.3 Å². The maximum atomic E-state index is 14.3. The third kappa shape index (κ3) is 4.69. The molecule has 2 unspecified atom stereocenters. The van der Waals surface area contributed by atoms with E-state index in [0.717, 1.165) is 42.7 Å². The highest BCUT2D eigenvalue weighted by Crippen LogP contribution is 2.39. The number of amides is 4. The number of hydrogen-bond acceptors (Lipinski definition) is 8. The summed E-state index contributed by atoms with van der Waals surface area (Å²) in [7, 11) is 0. The van der Waals surface area contributed by atoms with Crippen LogP contribution in [0.25, 0.3) is 0 Å². The fourth-order valence-electron chi connectivity index (χ4n) is 5.98. The molecule has 2 N–H and O–H groups in total. The summed E-state index contributed by atoms with van der Waals surface area (Å²) in [5.41, 5.74) is -0.419. The van der Waals surface area contributed by atoms with E-state index < -0.39 is 53.0 Å². The zero-order valence-electron chi connectivity index (χ0n) is 22.4. The number of benzene rings is 2. The summed E-state index contributed by atoms with van der Waals surface area (Å²) in [6.07, 6.45) is 3.48. The van der Waals surface area contributed by atoms with Gasteiger partial charge in [-0.05, 0) is 59.5 Å². The maximum Gasteiger partial charge on any atom is 0.273 e. The van der Waals surface area contributed by atoms with Crippen LogP contribution < -0.4 is 10.6 Å². The van der Waals surface area contributed by atoms with Crippen LogP contribution in [0, 0.1) is 5.82 Å². The van der Waals surface area contributed by atoms with Crippen LogP contribution in [0.5, 0.6) is 0 Å². The predicted octanol–water partition coefficient (Wildman–Crippen LogP) is 3.64. The second-order valence-electron chi connectivity index (χ2n) is 10.8. The maximum absolute atomic E-state index is 14.3. The monoisotopic (exact) mass is 581 g/mol. The summed E-state index contributed by atoms with van der Waals surface area (Å²) in [6, 6.07) is 5.53. The summed E-state index contributed by atoms with van der Waals surface area (Å²) in [6.45, 7) is 0.589. The topological polar surface area (TPSA) is 139 Å². The van der Waals surface area contributed by atoms with E-state index in [4.69, 9.17) is 0 Å². The molecule has 1 saturated carbocycles. The Kier molecular flexibility index (Phi) is 6.78. The lowest BCUT2D eigenvalue weighted by Crippen LogP contribution is -2.54. The van der Waals surface area contributed by atoms with Crippen LogP contribution >= 0.6 is 0 Å². The van der Waals surface area contributed by atoms with Gasteiger partial charge in [-0.2, -0.15) is 0 Å². The van der Waals surface area contributed by atoms with Gasteiger partial charge in [-0.1, -0.05) is 25.0 Å². The minimum absolute atomic E-state index is 0.00571. The highest BCUT2D eigenvalue weighted by molar-refractivity contribution is 6.24. The van der Waals surface area contributed by atoms with Crippen molar-refractivity contribution in [2.45, 2.75) is 69.5 Å². The molecule has 0 radical (unpaired) electrons. The van der Waals surface area contributed by atoms with Crippen LogP contribution in [0.4, 0.5) is 18.9 Å². The Morgan fingerprint density at radius 1 is 1.05 bits per heavy atom. The van der Waals surface area contributed by atoms with Crippen molar-refractivity contribution in [3.05, 3.63) is 70.3 Å². The number of halogens is 3. The number of tetrazole rings is 1. The lowest BCUT2D eigenvalue weighted by Gasteiger charge is -2.28. The Hall–Kier alpha value is -4.62. The molecule has 2 aliphatic heterocycles. The van der Waals surface area contributed by atoms with E-state index in [1.807, 2.05) is 0 Å². The summed E-state index contributed by atoms with van der Waals surface area (Å²) in [5, 5.41) is 17.5. The standard InChI is InChI=1S/C28H26F3N7O4/c1-28(30,31)18-13-14(9-10-19(18)29)32-23(24-34-35-36-38(24)15-5-2-3-6-15)16-7-4-8-17-22(16)27(42)37(26(17)41)20-11-12-21(39)33-25(20)40/h4,7-10,13,15,20,23,32H,2-3,5-6,11-12H2,1H3,(H,33,39,40). The molecule has 3 aromatic rings. The summed E-state index contributed by atoms with van der Waals surface area (Å²) in [4.78, 5) is 52.5. The van der Waals surface area contributed by atoms with Crippen molar-refractivity contribution in [1.82, 2.24) is 30.4 Å². The van der Waals surface area contributed by atoms with Crippen LogP contribution in [0.1, 0.15) is 95.2 Å². The molecule has 4 amide bonds. The smallest absolute Gasteiger partial charge is 0.273 e. The number of nitrogens with one attached hydrogen (secondary N) is 2. The van der Waals surface area contributed by atoms with Crippen LogP contribution in [-0.4, -0.2) is 54.8 Å². The van der Waals surface area contributed by atoms with Gasteiger partial charge in [0.25, 0.3) is 17.7 Å². The highest BCUT2D eigenvalue weighted by Gasteiger charge is 2.46. The van der Waals surface area contributed by atoms with Gasteiger partial charge in [0, 0.05) is 19.0 Å². The second-order valence-corrected chi connectivity index (χ2v) is 10.8. The van der Waals surface area contributed by atoms with E-state index in [0.29, 0.717) is 6.92 Å². The fourth-order valence-corrected chi connectivity index (χ4v) is 5.98. The molecule has 3 heterocycles. The Morgan fingerprint density at radius 3 is 2.52 bits per heavy atom. The number of anilines is 1. The Bertz CT molecular complexity index is 1610. The first-order valence-corrected chi connectivity index (χ1v) is 13.6. The first kappa shape index (κ1) is 27.5. The number of rotatable bonds is 7. The van der Waals surface area contributed by atoms with Gasteiger partial charge in [0.2, 0.25) is 11.8 Å². The van der Waals surface area contributed by atoms with Crippen LogP contribution in [-0.2, 0) is 15.5 Å². The van der Waals surface area contributed by atoms with E-state index in [1.54, 1.807) is 16.8 Å². The molecule has 14 heteroatoms. The average Bonchev–Trinajstić information content (AvgIpc) is 3.69. The highest BCUT2D eigenvalue weighted by atomic mass is 19.3. The molecule has 1 aliphatic carbocycles. The largest absolute Gasteiger partial charge is 0.371 e. The van der Waals surface area contributed by atoms with E-state index >= 15 is 0 Å². The summed E-state index contributed by atoms with van der Waals surface area (Å²) >= 11 is 0. The number of hydrogen-bond donors (Lipinski definition) is 2. The number of nitrogens with zero attached hydrogens (tertiary/aromatic N) is 5. The van der Waals surface area contributed by atoms with Gasteiger partial charge in [-0.25, -0.2) is 17.9 Å². The van der Waals surface area contributed by atoms with Gasteiger partial charge in [0.1, 0.15) is 17.9 Å². The van der Waals surface area contributed by atoms with Crippen LogP contribution in [0.15, 0.2) is 36.4 Å². The molecule has 11 nitrogen and oxygen atoms in total. The van der Waals surface area contributed by atoms with Gasteiger partial charge in [0.05, 0.1) is 22.7 Å². The first-order chi connectivity index (χ1) is 20.0. The number of carbonyl (C=O) groups is 4. The van der Waals surface area contributed by atoms with E-state index in [1.165, 1.54) is 12.1 Å². The number of imide groups is 2.